The minimum atomic E-state index is -0.438. The van der Waals surface area contributed by atoms with Gasteiger partial charge in [-0.05, 0) is 49.4 Å². The van der Waals surface area contributed by atoms with Gasteiger partial charge in [0.2, 0.25) is 0 Å². The van der Waals surface area contributed by atoms with E-state index >= 15 is 0 Å². The van der Waals surface area contributed by atoms with E-state index in [1.54, 1.807) is 30.3 Å². The van der Waals surface area contributed by atoms with Gasteiger partial charge in [0.1, 0.15) is 5.75 Å². The lowest BCUT2D eigenvalue weighted by Gasteiger charge is -2.11. The van der Waals surface area contributed by atoms with E-state index in [-0.39, 0.29) is 17.4 Å². The van der Waals surface area contributed by atoms with Crippen molar-refractivity contribution in [3.63, 3.8) is 0 Å². The van der Waals surface area contributed by atoms with Crippen molar-refractivity contribution in [2.45, 2.75) is 13.8 Å². The fourth-order valence-electron chi connectivity index (χ4n) is 2.58. The van der Waals surface area contributed by atoms with Gasteiger partial charge in [-0.2, -0.15) is 0 Å². The van der Waals surface area contributed by atoms with E-state index in [4.69, 9.17) is 4.74 Å². The summed E-state index contributed by atoms with van der Waals surface area (Å²) in [5, 5.41) is 4.62. The molecular formula is C20H18N2O4S. The zero-order chi connectivity index (χ0) is 19.4. The molecule has 1 fully saturated rings. The van der Waals surface area contributed by atoms with Crippen LogP contribution in [0.3, 0.4) is 0 Å². The van der Waals surface area contributed by atoms with Crippen LogP contribution in [0.1, 0.15) is 16.7 Å². The van der Waals surface area contributed by atoms with E-state index in [0.717, 1.165) is 28.6 Å². The first-order valence-electron chi connectivity index (χ1n) is 8.26. The topological polar surface area (TPSA) is 84.5 Å². The normalized spacial score (nSPS) is 15.0. The molecule has 1 aliphatic rings. The number of rotatable bonds is 5. The number of ether oxygens (including phenoxy) is 1. The zero-order valence-corrected chi connectivity index (χ0v) is 15.7. The summed E-state index contributed by atoms with van der Waals surface area (Å²) >= 11 is 0.833. The second kappa shape index (κ2) is 8.09. The molecule has 0 aliphatic carbocycles. The second-order valence-corrected chi connectivity index (χ2v) is 7.06. The predicted molar refractivity (Wildman–Crippen MR) is 106 cm³/mol. The number of anilines is 1. The van der Waals surface area contributed by atoms with Crippen molar-refractivity contribution in [2.24, 2.45) is 0 Å². The minimum Gasteiger partial charge on any atom is -0.483 e. The molecule has 1 saturated heterocycles. The van der Waals surface area contributed by atoms with Crippen LogP contribution in [-0.2, 0) is 9.59 Å². The summed E-state index contributed by atoms with van der Waals surface area (Å²) in [5.74, 6) is -0.270. The van der Waals surface area contributed by atoms with Gasteiger partial charge in [-0.1, -0.05) is 35.9 Å². The van der Waals surface area contributed by atoms with E-state index in [9.17, 15) is 14.4 Å². The molecule has 0 spiro atoms. The number of hydrogen-bond acceptors (Lipinski definition) is 5. The Balaban J connectivity index is 1.68. The quantitative estimate of drug-likeness (QED) is 0.771. The Morgan fingerprint density at radius 1 is 1.19 bits per heavy atom. The largest absolute Gasteiger partial charge is 0.483 e. The highest BCUT2D eigenvalue weighted by molar-refractivity contribution is 8.18. The molecule has 0 bridgehead atoms. The van der Waals surface area contributed by atoms with Gasteiger partial charge < -0.3 is 10.1 Å². The highest BCUT2D eigenvalue weighted by atomic mass is 32.2. The summed E-state index contributed by atoms with van der Waals surface area (Å²) in [6.07, 6.45) is 1.57. The Morgan fingerprint density at radius 3 is 2.67 bits per heavy atom. The molecule has 2 aromatic carbocycles. The predicted octanol–water partition coefficient (Wildman–Crippen LogP) is 3.64. The van der Waals surface area contributed by atoms with Gasteiger partial charge in [-0.25, -0.2) is 0 Å². The third-order valence-electron chi connectivity index (χ3n) is 3.86. The molecular weight excluding hydrogens is 364 g/mol. The van der Waals surface area contributed by atoms with Gasteiger partial charge in [0.15, 0.2) is 6.61 Å². The molecule has 1 aliphatic heterocycles. The molecule has 0 aromatic heterocycles. The average molecular weight is 382 g/mol. The number of nitrogens with one attached hydrogen (secondary N) is 2. The Bertz CT molecular complexity index is 953. The van der Waals surface area contributed by atoms with Crippen molar-refractivity contribution in [1.29, 1.82) is 0 Å². The molecule has 0 atom stereocenters. The number of imide groups is 1. The first-order chi connectivity index (χ1) is 12.9. The minimum absolute atomic E-state index is 0.175. The van der Waals surface area contributed by atoms with Gasteiger partial charge in [0.25, 0.3) is 17.1 Å². The summed E-state index contributed by atoms with van der Waals surface area (Å²) in [6, 6.07) is 12.8. The summed E-state index contributed by atoms with van der Waals surface area (Å²) in [4.78, 5) is 35.5. The number of aryl methyl sites for hydroxylation is 2. The Morgan fingerprint density at radius 2 is 1.96 bits per heavy atom. The second-order valence-electron chi connectivity index (χ2n) is 6.05. The number of para-hydroxylation sites is 1. The van der Waals surface area contributed by atoms with Gasteiger partial charge in [-0.3, -0.25) is 19.7 Å². The van der Waals surface area contributed by atoms with Crippen molar-refractivity contribution >= 4 is 40.6 Å². The first-order valence-corrected chi connectivity index (χ1v) is 9.08. The maximum absolute atomic E-state index is 12.2. The van der Waals surface area contributed by atoms with Crippen LogP contribution >= 0.6 is 11.8 Å². The van der Waals surface area contributed by atoms with Crippen LogP contribution in [0.2, 0.25) is 0 Å². The average Bonchev–Trinajstić information content (AvgIpc) is 2.94. The maximum Gasteiger partial charge on any atom is 0.290 e. The molecule has 3 rings (SSSR count). The van der Waals surface area contributed by atoms with Crippen molar-refractivity contribution in [3.8, 4) is 5.75 Å². The molecule has 138 valence electrons. The van der Waals surface area contributed by atoms with E-state index < -0.39 is 11.1 Å². The molecule has 27 heavy (non-hydrogen) atoms. The van der Waals surface area contributed by atoms with Crippen LogP contribution in [0.25, 0.3) is 6.08 Å². The zero-order valence-electron chi connectivity index (χ0n) is 14.9. The molecule has 1 heterocycles. The number of amides is 3. The van der Waals surface area contributed by atoms with Gasteiger partial charge >= 0.3 is 0 Å². The van der Waals surface area contributed by atoms with E-state index in [0.29, 0.717) is 11.3 Å². The van der Waals surface area contributed by atoms with Crippen molar-refractivity contribution in [1.82, 2.24) is 5.32 Å². The maximum atomic E-state index is 12.2. The number of thioether (sulfide) groups is 1. The van der Waals surface area contributed by atoms with Crippen LogP contribution in [0.5, 0.6) is 5.75 Å². The Kier molecular flexibility index (Phi) is 5.61. The molecule has 6 nitrogen and oxygen atoms in total. The lowest BCUT2D eigenvalue weighted by molar-refractivity contribution is -0.118. The van der Waals surface area contributed by atoms with Crippen LogP contribution in [0.4, 0.5) is 10.5 Å². The number of carbonyl (C=O) groups excluding carboxylic acids is 3. The Labute approximate surface area is 161 Å². The van der Waals surface area contributed by atoms with Crippen LogP contribution in [0.15, 0.2) is 47.4 Å². The summed E-state index contributed by atoms with van der Waals surface area (Å²) < 4.78 is 5.62. The number of carbonyl (C=O) groups is 3. The van der Waals surface area contributed by atoms with Crippen LogP contribution in [0, 0.1) is 13.8 Å². The highest BCUT2D eigenvalue weighted by Crippen LogP contribution is 2.29. The third-order valence-corrected chi connectivity index (χ3v) is 4.67. The number of benzene rings is 2. The fourth-order valence-corrected chi connectivity index (χ4v) is 3.25. The molecule has 0 radical (unpaired) electrons. The Hall–Kier alpha value is -3.06. The summed E-state index contributed by atoms with van der Waals surface area (Å²) in [6.45, 7) is 3.74. The standard InChI is InChI=1S/C20H18N2O4S/c1-12-7-8-15(13(2)9-12)21-18(23)11-26-16-6-4-3-5-14(16)10-17-19(24)22-20(25)27-17/h3-10H,11H2,1-2H3,(H,21,23)(H,22,24,25)/b17-10-. The van der Waals surface area contributed by atoms with E-state index in [1.165, 1.54) is 0 Å². The van der Waals surface area contributed by atoms with Gasteiger partial charge in [0, 0.05) is 11.3 Å². The van der Waals surface area contributed by atoms with E-state index in [1.807, 2.05) is 32.0 Å². The molecule has 2 N–H and O–H groups in total. The smallest absolute Gasteiger partial charge is 0.290 e. The molecule has 0 saturated carbocycles. The highest BCUT2D eigenvalue weighted by Gasteiger charge is 2.25. The number of hydrogen-bond donors (Lipinski definition) is 2. The summed E-state index contributed by atoms with van der Waals surface area (Å²) in [5.41, 5.74) is 3.45. The van der Waals surface area contributed by atoms with Crippen molar-refractivity contribution in [2.75, 3.05) is 11.9 Å². The fraction of sp³-hybridized carbons (Fsp3) is 0.150. The first kappa shape index (κ1) is 18.7. The lowest BCUT2D eigenvalue weighted by atomic mass is 10.1. The lowest BCUT2D eigenvalue weighted by Crippen LogP contribution is -2.21. The summed E-state index contributed by atoms with van der Waals surface area (Å²) in [7, 11) is 0. The molecule has 3 amide bonds. The van der Waals surface area contributed by atoms with Crippen molar-refractivity contribution in [3.05, 3.63) is 64.1 Å². The van der Waals surface area contributed by atoms with E-state index in [2.05, 4.69) is 10.6 Å². The van der Waals surface area contributed by atoms with Gasteiger partial charge in [-0.15, -0.1) is 0 Å². The SMILES string of the molecule is Cc1ccc(NC(=O)COc2ccccc2/C=C2\SC(=O)NC2=O)c(C)c1. The molecule has 2 aromatic rings. The van der Waals surface area contributed by atoms with Gasteiger partial charge in [0.05, 0.1) is 4.91 Å². The molecule has 7 heteroatoms. The van der Waals surface area contributed by atoms with Crippen LogP contribution in [-0.4, -0.2) is 23.7 Å². The van der Waals surface area contributed by atoms with Crippen molar-refractivity contribution < 1.29 is 19.1 Å². The third kappa shape index (κ3) is 4.77. The monoisotopic (exact) mass is 382 g/mol. The van der Waals surface area contributed by atoms with Crippen LogP contribution < -0.4 is 15.4 Å². The molecule has 0 unspecified atom stereocenters.